The average molecular weight is 493 g/mol. The lowest BCUT2D eigenvalue weighted by Gasteiger charge is -2.27. The highest BCUT2D eigenvalue weighted by molar-refractivity contribution is 5.99. The minimum absolute atomic E-state index is 0.121. The van der Waals surface area contributed by atoms with Crippen LogP contribution >= 0.6 is 0 Å². The Hall–Kier alpha value is -3.32. The maximum absolute atomic E-state index is 13.8. The first-order chi connectivity index (χ1) is 17.2. The Morgan fingerprint density at radius 2 is 1.83 bits per heavy atom. The molecular formula is C29H36N2O5. The number of carbonyl (C=O) groups is 1. The Bertz CT molecular complexity index is 1310. The van der Waals surface area contributed by atoms with Crippen molar-refractivity contribution in [1.29, 1.82) is 0 Å². The summed E-state index contributed by atoms with van der Waals surface area (Å²) in [4.78, 5) is 31.1. The van der Waals surface area contributed by atoms with Crippen molar-refractivity contribution in [3.63, 3.8) is 0 Å². The second kappa shape index (κ2) is 10.7. The fourth-order valence-electron chi connectivity index (χ4n) is 4.51. The number of carbonyl (C=O) groups excluding carboxylic acids is 1. The van der Waals surface area contributed by atoms with Gasteiger partial charge >= 0.3 is 0 Å². The molecule has 0 N–H and O–H groups in total. The van der Waals surface area contributed by atoms with E-state index in [1.165, 1.54) is 0 Å². The minimum Gasteiger partial charge on any atom is -0.490 e. The summed E-state index contributed by atoms with van der Waals surface area (Å²) >= 11 is 0. The average Bonchev–Trinajstić information content (AvgIpc) is 3.11. The fraction of sp³-hybridized carbons (Fsp3) is 0.448. The van der Waals surface area contributed by atoms with Gasteiger partial charge in [-0.15, -0.1) is 0 Å². The molecule has 7 heteroatoms. The third kappa shape index (κ3) is 5.12. The highest BCUT2D eigenvalue weighted by Gasteiger charge is 2.42. The van der Waals surface area contributed by atoms with Gasteiger partial charge in [-0.25, -0.2) is 0 Å². The van der Waals surface area contributed by atoms with Crippen LogP contribution in [0.5, 0.6) is 11.5 Å². The third-order valence-corrected chi connectivity index (χ3v) is 6.45. The molecule has 0 saturated carbocycles. The van der Waals surface area contributed by atoms with Crippen LogP contribution in [0.15, 0.2) is 45.6 Å². The minimum atomic E-state index is -0.572. The molecule has 4 rings (SSSR count). The van der Waals surface area contributed by atoms with Crippen molar-refractivity contribution < 1.29 is 18.7 Å². The Morgan fingerprint density at radius 3 is 2.53 bits per heavy atom. The molecule has 0 spiro atoms. The van der Waals surface area contributed by atoms with Crippen LogP contribution < -0.4 is 14.9 Å². The summed E-state index contributed by atoms with van der Waals surface area (Å²) in [5.41, 5.74) is 2.39. The van der Waals surface area contributed by atoms with Gasteiger partial charge in [0.25, 0.3) is 5.91 Å². The van der Waals surface area contributed by atoms with E-state index in [0.29, 0.717) is 60.3 Å². The summed E-state index contributed by atoms with van der Waals surface area (Å²) in [5, 5.41) is 0.486. The van der Waals surface area contributed by atoms with E-state index in [1.807, 2.05) is 63.2 Å². The number of nitrogens with zero attached hydrogens (tertiary/aromatic N) is 2. The molecule has 192 valence electrons. The highest BCUT2D eigenvalue weighted by Crippen LogP contribution is 2.41. The second-order valence-electron chi connectivity index (χ2n) is 10.0. The molecule has 0 radical (unpaired) electrons. The van der Waals surface area contributed by atoms with Crippen LogP contribution in [0.3, 0.4) is 0 Å². The normalized spacial score (nSPS) is 15.3. The maximum Gasteiger partial charge on any atom is 0.290 e. The van der Waals surface area contributed by atoms with Crippen LogP contribution in [0, 0.1) is 12.8 Å². The lowest BCUT2D eigenvalue weighted by atomic mass is 9.97. The second-order valence-corrected chi connectivity index (χ2v) is 10.0. The maximum atomic E-state index is 13.8. The van der Waals surface area contributed by atoms with Gasteiger partial charge in [-0.05, 0) is 70.1 Å². The van der Waals surface area contributed by atoms with E-state index in [4.69, 9.17) is 13.9 Å². The molecule has 1 aromatic heterocycles. The molecule has 1 unspecified atom stereocenters. The first-order valence-electron chi connectivity index (χ1n) is 12.6. The van der Waals surface area contributed by atoms with E-state index in [-0.39, 0.29) is 17.1 Å². The van der Waals surface area contributed by atoms with Gasteiger partial charge < -0.3 is 23.7 Å². The number of hydrogen-bond acceptors (Lipinski definition) is 6. The van der Waals surface area contributed by atoms with Crippen LogP contribution in [-0.4, -0.2) is 56.1 Å². The molecular weight excluding hydrogens is 456 g/mol. The number of amides is 1. The summed E-state index contributed by atoms with van der Waals surface area (Å²) < 4.78 is 18.0. The molecule has 0 fully saturated rings. The monoisotopic (exact) mass is 492 g/mol. The number of rotatable bonds is 10. The number of ether oxygens (including phenoxy) is 2. The topological polar surface area (TPSA) is 72.2 Å². The SMILES string of the molecule is CCOc1cc(C2c3c(oc4ccc(C)cc4c3=O)C(=O)N2CCN(C)C)ccc1OCCC(C)C. The predicted molar refractivity (Wildman–Crippen MR) is 141 cm³/mol. The largest absolute Gasteiger partial charge is 0.490 e. The van der Waals surface area contributed by atoms with Gasteiger partial charge in [0.2, 0.25) is 5.76 Å². The predicted octanol–water partition coefficient (Wildman–Crippen LogP) is 5.03. The van der Waals surface area contributed by atoms with Gasteiger partial charge in [-0.1, -0.05) is 31.5 Å². The summed E-state index contributed by atoms with van der Waals surface area (Å²) in [5.74, 6) is 1.64. The fourth-order valence-corrected chi connectivity index (χ4v) is 4.51. The molecule has 36 heavy (non-hydrogen) atoms. The van der Waals surface area contributed by atoms with Gasteiger partial charge in [-0.2, -0.15) is 0 Å². The van der Waals surface area contributed by atoms with E-state index in [1.54, 1.807) is 11.0 Å². The molecule has 2 heterocycles. The Labute approximate surface area is 212 Å². The molecule has 3 aromatic rings. The van der Waals surface area contributed by atoms with Crippen molar-refractivity contribution in [2.24, 2.45) is 5.92 Å². The summed E-state index contributed by atoms with van der Waals surface area (Å²) in [7, 11) is 3.92. The van der Waals surface area contributed by atoms with Crippen LogP contribution in [0.4, 0.5) is 0 Å². The van der Waals surface area contributed by atoms with Gasteiger partial charge in [0.1, 0.15) is 5.58 Å². The summed E-state index contributed by atoms with van der Waals surface area (Å²) in [6.45, 7) is 10.3. The molecule has 1 atom stereocenters. The molecule has 0 aliphatic carbocycles. The van der Waals surface area contributed by atoms with Crippen molar-refractivity contribution in [1.82, 2.24) is 9.80 Å². The van der Waals surface area contributed by atoms with Crippen molar-refractivity contribution in [3.05, 3.63) is 69.1 Å². The van der Waals surface area contributed by atoms with E-state index in [9.17, 15) is 9.59 Å². The quantitative estimate of drug-likeness (QED) is 0.395. The van der Waals surface area contributed by atoms with Crippen molar-refractivity contribution in [3.8, 4) is 11.5 Å². The number of aryl methyl sites for hydroxylation is 1. The zero-order chi connectivity index (χ0) is 26.0. The van der Waals surface area contributed by atoms with E-state index >= 15 is 0 Å². The van der Waals surface area contributed by atoms with Crippen LogP contribution in [-0.2, 0) is 0 Å². The van der Waals surface area contributed by atoms with Crippen molar-refractivity contribution >= 4 is 16.9 Å². The molecule has 1 aliphatic rings. The molecule has 7 nitrogen and oxygen atoms in total. The Balaban J connectivity index is 1.83. The van der Waals surface area contributed by atoms with Gasteiger partial charge in [0.15, 0.2) is 16.9 Å². The highest BCUT2D eigenvalue weighted by atomic mass is 16.5. The Kier molecular flexibility index (Phi) is 7.69. The molecule has 0 bridgehead atoms. The van der Waals surface area contributed by atoms with Crippen molar-refractivity contribution in [2.45, 2.75) is 40.2 Å². The zero-order valence-corrected chi connectivity index (χ0v) is 22.1. The number of hydrogen-bond donors (Lipinski definition) is 0. The third-order valence-electron chi connectivity index (χ3n) is 6.45. The van der Waals surface area contributed by atoms with E-state index in [0.717, 1.165) is 17.5 Å². The lowest BCUT2D eigenvalue weighted by molar-refractivity contribution is 0.0716. The van der Waals surface area contributed by atoms with Crippen LogP contribution in [0.1, 0.15) is 60.5 Å². The van der Waals surface area contributed by atoms with E-state index in [2.05, 4.69) is 13.8 Å². The smallest absolute Gasteiger partial charge is 0.290 e. The standard InChI is InChI=1S/C29H36N2O5/c1-7-34-24-17-20(9-11-23(24)35-15-12-18(2)3)26-25-27(32)21-16-19(4)8-10-22(21)36-28(25)29(33)31(26)14-13-30(5)6/h8-11,16-18,26H,7,12-15H2,1-6H3. The molecule has 0 saturated heterocycles. The first kappa shape index (κ1) is 25.8. The van der Waals surface area contributed by atoms with Crippen LogP contribution in [0.25, 0.3) is 11.0 Å². The zero-order valence-electron chi connectivity index (χ0n) is 22.1. The summed E-state index contributed by atoms with van der Waals surface area (Å²) in [6, 6.07) is 10.6. The first-order valence-corrected chi connectivity index (χ1v) is 12.6. The van der Waals surface area contributed by atoms with Crippen LogP contribution in [0.2, 0.25) is 0 Å². The van der Waals surface area contributed by atoms with Gasteiger partial charge in [0, 0.05) is 13.1 Å². The lowest BCUT2D eigenvalue weighted by Crippen LogP contribution is -2.35. The number of fused-ring (bicyclic) bond motifs is 2. The Morgan fingerprint density at radius 1 is 1.06 bits per heavy atom. The van der Waals surface area contributed by atoms with E-state index < -0.39 is 6.04 Å². The molecule has 1 amide bonds. The van der Waals surface area contributed by atoms with Gasteiger partial charge in [-0.3, -0.25) is 9.59 Å². The summed E-state index contributed by atoms with van der Waals surface area (Å²) in [6.07, 6.45) is 0.934. The number of benzene rings is 2. The molecule has 1 aliphatic heterocycles. The molecule has 2 aromatic carbocycles. The number of likely N-dealkylation sites (N-methyl/N-ethyl adjacent to an activating group) is 1. The van der Waals surface area contributed by atoms with Crippen molar-refractivity contribution in [2.75, 3.05) is 40.4 Å². The van der Waals surface area contributed by atoms with Gasteiger partial charge in [0.05, 0.1) is 30.2 Å².